The van der Waals surface area contributed by atoms with Crippen LogP contribution >= 0.6 is 11.3 Å². The predicted molar refractivity (Wildman–Crippen MR) is 136 cm³/mol. The minimum Gasteiger partial charge on any atom is -0.384 e. The Balaban J connectivity index is 1.38. The number of fused-ring (bicyclic) bond motifs is 2. The average Bonchev–Trinajstić information content (AvgIpc) is 3.26. The second-order valence-corrected chi connectivity index (χ2v) is 10.7. The molecular weight excluding hydrogens is 432 g/mol. The maximum Gasteiger partial charge on any atom is 0.106 e. The van der Waals surface area contributed by atoms with E-state index in [0.717, 1.165) is 50.1 Å². The molecule has 2 aromatic rings. The maximum atomic E-state index is 10.8. The van der Waals surface area contributed by atoms with Crippen LogP contribution in [0.5, 0.6) is 0 Å². The second kappa shape index (κ2) is 10.1. The van der Waals surface area contributed by atoms with Gasteiger partial charge in [0.1, 0.15) is 5.60 Å². The van der Waals surface area contributed by atoms with Crippen LogP contribution in [0.4, 0.5) is 0 Å². The third-order valence-electron chi connectivity index (χ3n) is 7.02. The number of hydrogen-bond donors (Lipinski definition) is 2. The summed E-state index contributed by atoms with van der Waals surface area (Å²) in [5.41, 5.74) is 1.80. The first-order valence-electron chi connectivity index (χ1n) is 11.9. The minimum absolute atomic E-state index is 0.157. The Morgan fingerprint density at radius 3 is 2.88 bits per heavy atom. The number of thiophene rings is 1. The van der Waals surface area contributed by atoms with E-state index in [0.29, 0.717) is 12.6 Å². The van der Waals surface area contributed by atoms with Crippen molar-refractivity contribution < 1.29 is 9.84 Å². The van der Waals surface area contributed by atoms with Gasteiger partial charge in [-0.15, -0.1) is 11.3 Å². The number of hydrazone groups is 1. The lowest BCUT2D eigenvalue weighted by atomic mass is 9.79. The fraction of sp³-hybridized carbons (Fsp3) is 0.538. The molecule has 1 aromatic carbocycles. The van der Waals surface area contributed by atoms with Crippen molar-refractivity contribution in [3.8, 4) is 0 Å². The van der Waals surface area contributed by atoms with Gasteiger partial charge in [-0.1, -0.05) is 37.3 Å². The van der Waals surface area contributed by atoms with E-state index in [9.17, 15) is 5.11 Å². The SMILES string of the molecule is CCc1cc2c(s1)CCO[C@@]21CCN(C/C(C=NCC(C)(O)c2ccccc2)=N/N)[C@@H](C)C1. The smallest absolute Gasteiger partial charge is 0.106 e. The standard InChI is InChI=1S/C26H36N4O2S/c1-4-22-14-23-24(33-22)10-13-32-26(23)11-12-30(19(2)15-26)17-21(29-27)16-28-18-25(3,31)20-8-6-5-7-9-20/h5-9,14,16,19,31H,4,10-13,15,17-18,27H2,1-3H3/b28-16?,29-21+/t19-,25?,26+/m0/s1. The third kappa shape index (κ3) is 5.22. The maximum absolute atomic E-state index is 10.8. The van der Waals surface area contributed by atoms with E-state index in [-0.39, 0.29) is 12.1 Å². The molecule has 3 heterocycles. The van der Waals surface area contributed by atoms with E-state index in [1.165, 1.54) is 15.3 Å². The predicted octanol–water partition coefficient (Wildman–Crippen LogP) is 3.86. The van der Waals surface area contributed by atoms with Crippen LogP contribution in [0.3, 0.4) is 0 Å². The molecule has 0 aliphatic carbocycles. The number of likely N-dealkylation sites (tertiary alicyclic amines) is 1. The Morgan fingerprint density at radius 1 is 1.39 bits per heavy atom. The van der Waals surface area contributed by atoms with Crippen molar-refractivity contribution in [3.05, 3.63) is 57.3 Å². The molecule has 1 aromatic heterocycles. The van der Waals surface area contributed by atoms with Crippen LogP contribution < -0.4 is 5.84 Å². The summed E-state index contributed by atoms with van der Waals surface area (Å²) in [6.07, 6.45) is 5.77. The number of piperidine rings is 1. The monoisotopic (exact) mass is 468 g/mol. The molecule has 1 fully saturated rings. The van der Waals surface area contributed by atoms with Crippen LogP contribution in [0.15, 0.2) is 46.5 Å². The summed E-state index contributed by atoms with van der Waals surface area (Å²) < 4.78 is 6.46. The van der Waals surface area contributed by atoms with Crippen LogP contribution in [0.1, 0.15) is 54.5 Å². The van der Waals surface area contributed by atoms with E-state index < -0.39 is 5.60 Å². The van der Waals surface area contributed by atoms with Gasteiger partial charge in [-0.25, -0.2) is 0 Å². The minimum atomic E-state index is -1.03. The van der Waals surface area contributed by atoms with Crippen LogP contribution in [0.2, 0.25) is 0 Å². The number of hydrogen-bond acceptors (Lipinski definition) is 7. The molecule has 2 aliphatic heterocycles. The summed E-state index contributed by atoms with van der Waals surface area (Å²) in [4.78, 5) is 9.85. The lowest BCUT2D eigenvalue weighted by molar-refractivity contribution is -0.108. The second-order valence-electron chi connectivity index (χ2n) is 9.50. The van der Waals surface area contributed by atoms with Crippen molar-refractivity contribution in [2.24, 2.45) is 15.9 Å². The molecule has 33 heavy (non-hydrogen) atoms. The number of rotatable bonds is 7. The lowest BCUT2D eigenvalue weighted by Crippen LogP contribution is -2.51. The quantitative estimate of drug-likeness (QED) is 0.367. The zero-order valence-corrected chi connectivity index (χ0v) is 20.8. The highest BCUT2D eigenvalue weighted by molar-refractivity contribution is 7.12. The molecule has 4 rings (SSSR count). The highest BCUT2D eigenvalue weighted by Gasteiger charge is 2.44. The van der Waals surface area contributed by atoms with Gasteiger partial charge in [-0.05, 0) is 50.3 Å². The van der Waals surface area contributed by atoms with Gasteiger partial charge in [-0.3, -0.25) is 9.89 Å². The van der Waals surface area contributed by atoms with Crippen molar-refractivity contribution in [2.45, 2.75) is 63.7 Å². The van der Waals surface area contributed by atoms with Crippen LogP contribution in [0.25, 0.3) is 0 Å². The number of aliphatic hydroxyl groups is 1. The van der Waals surface area contributed by atoms with Gasteiger partial charge in [0, 0.05) is 41.5 Å². The number of ether oxygens (including phenoxy) is 1. The molecule has 3 atom stereocenters. The number of nitrogens with two attached hydrogens (primary N) is 1. The van der Waals surface area contributed by atoms with Gasteiger partial charge in [-0.2, -0.15) is 5.10 Å². The van der Waals surface area contributed by atoms with E-state index in [1.807, 2.05) is 41.7 Å². The first kappa shape index (κ1) is 24.1. The van der Waals surface area contributed by atoms with Crippen LogP contribution in [0, 0.1) is 0 Å². The summed E-state index contributed by atoms with van der Waals surface area (Å²) in [7, 11) is 0. The van der Waals surface area contributed by atoms with Gasteiger partial charge >= 0.3 is 0 Å². The molecule has 0 bridgehead atoms. The molecule has 7 heteroatoms. The van der Waals surface area contributed by atoms with Crippen molar-refractivity contribution in [1.29, 1.82) is 0 Å². The fourth-order valence-electron chi connectivity index (χ4n) is 5.05. The number of nitrogens with zero attached hydrogens (tertiary/aromatic N) is 3. The summed E-state index contributed by atoms with van der Waals surface area (Å²) in [5.74, 6) is 5.70. The third-order valence-corrected chi connectivity index (χ3v) is 8.36. The molecule has 0 amide bonds. The average molecular weight is 469 g/mol. The Hall–Kier alpha value is -2.06. The van der Waals surface area contributed by atoms with Crippen molar-refractivity contribution in [3.63, 3.8) is 0 Å². The fourth-order valence-corrected chi connectivity index (χ4v) is 6.23. The van der Waals surface area contributed by atoms with E-state index in [4.69, 9.17) is 10.6 Å². The summed E-state index contributed by atoms with van der Waals surface area (Å²) >= 11 is 1.96. The molecule has 6 nitrogen and oxygen atoms in total. The number of benzene rings is 1. The first-order chi connectivity index (χ1) is 15.9. The Labute approximate surface area is 201 Å². The molecule has 2 aliphatic rings. The van der Waals surface area contributed by atoms with E-state index >= 15 is 0 Å². The molecule has 1 spiro atoms. The zero-order chi connectivity index (χ0) is 23.5. The van der Waals surface area contributed by atoms with Gasteiger partial charge in [0.2, 0.25) is 0 Å². The van der Waals surface area contributed by atoms with Crippen LogP contribution in [-0.2, 0) is 28.8 Å². The van der Waals surface area contributed by atoms with Crippen molar-refractivity contribution in [2.75, 3.05) is 26.2 Å². The molecule has 3 N–H and O–H groups in total. The normalized spacial score (nSPS) is 25.9. The molecule has 0 saturated carbocycles. The highest BCUT2D eigenvalue weighted by atomic mass is 32.1. The van der Waals surface area contributed by atoms with Gasteiger partial charge in [0.25, 0.3) is 0 Å². The van der Waals surface area contributed by atoms with Gasteiger partial charge in [0.05, 0.1) is 24.5 Å². The highest BCUT2D eigenvalue weighted by Crippen LogP contribution is 2.46. The largest absolute Gasteiger partial charge is 0.384 e. The molecule has 1 saturated heterocycles. The van der Waals surface area contributed by atoms with E-state index in [2.05, 4.69) is 34.9 Å². The Kier molecular flexibility index (Phi) is 7.34. The lowest BCUT2D eigenvalue weighted by Gasteiger charge is -2.47. The molecule has 178 valence electrons. The summed E-state index contributed by atoms with van der Waals surface area (Å²) in [5, 5.41) is 14.7. The molecule has 1 unspecified atom stereocenters. The number of aryl methyl sites for hydroxylation is 1. The molecule has 0 radical (unpaired) electrons. The van der Waals surface area contributed by atoms with Gasteiger partial charge in [0.15, 0.2) is 0 Å². The molecular formula is C26H36N4O2S. The zero-order valence-electron chi connectivity index (χ0n) is 20.0. The van der Waals surface area contributed by atoms with Gasteiger partial charge < -0.3 is 15.7 Å². The van der Waals surface area contributed by atoms with Crippen LogP contribution in [-0.4, -0.2) is 54.2 Å². The Bertz CT molecular complexity index is 1000. The Morgan fingerprint density at radius 2 is 2.18 bits per heavy atom. The van der Waals surface area contributed by atoms with Crippen molar-refractivity contribution >= 4 is 23.3 Å². The number of aliphatic imine (C=N–C) groups is 1. The summed E-state index contributed by atoms with van der Waals surface area (Å²) in [6.45, 7) is 8.89. The summed E-state index contributed by atoms with van der Waals surface area (Å²) in [6, 6.07) is 12.3. The van der Waals surface area contributed by atoms with E-state index in [1.54, 1.807) is 13.1 Å². The first-order valence-corrected chi connectivity index (χ1v) is 12.7. The van der Waals surface area contributed by atoms with Crippen molar-refractivity contribution in [1.82, 2.24) is 4.90 Å². The topological polar surface area (TPSA) is 83.4 Å².